The average molecular weight is 122 g/mol. The lowest BCUT2D eigenvalue weighted by Gasteiger charge is -2.00. The molecule has 0 aromatic rings. The number of rotatable bonds is 2. The molecule has 2 nitrogen and oxygen atoms in total. The van der Waals surface area contributed by atoms with Gasteiger partial charge in [-0.3, -0.25) is 0 Å². The van der Waals surface area contributed by atoms with Crippen LogP contribution in [0, 0.1) is 0 Å². The van der Waals surface area contributed by atoms with Gasteiger partial charge in [0.15, 0.2) is 0 Å². The topological polar surface area (TPSA) is 18.5 Å². The zero-order valence-corrected chi connectivity index (χ0v) is 5.55. The maximum absolute atomic E-state index is 4.82. The Balaban J connectivity index is 0. The van der Waals surface area contributed by atoms with Gasteiger partial charge in [-0.2, -0.15) is 0 Å². The molecule has 0 spiro atoms. The molecule has 0 bridgehead atoms. The molecule has 0 aromatic carbocycles. The molecular weight excluding hydrogens is 108 g/mol. The first-order chi connectivity index (χ1) is 2.81. The van der Waals surface area contributed by atoms with E-state index in [0.29, 0.717) is 0 Å². The van der Waals surface area contributed by atoms with Gasteiger partial charge in [-0.15, -0.1) is 0 Å². The fourth-order valence-electron chi connectivity index (χ4n) is 0.0962. The van der Waals surface area contributed by atoms with Gasteiger partial charge in [-0.1, -0.05) is 7.43 Å². The first-order valence-corrected chi connectivity index (χ1v) is 3.96. The predicted molar refractivity (Wildman–Crippen MR) is 33.8 cm³/mol. The Kier molecular flexibility index (Phi) is 8.93. The summed E-state index contributed by atoms with van der Waals surface area (Å²) in [6, 6.07) is 0. The highest BCUT2D eigenvalue weighted by Crippen LogP contribution is 1.77. The van der Waals surface area contributed by atoms with Crippen molar-refractivity contribution in [2.45, 2.75) is 14.0 Å². The van der Waals surface area contributed by atoms with E-state index in [1.54, 1.807) is 14.2 Å². The predicted octanol–water partition coefficient (Wildman–Crippen LogP) is 0.766. The lowest BCUT2D eigenvalue weighted by atomic mass is 11.8. The van der Waals surface area contributed by atoms with E-state index in [1.165, 1.54) is 0 Å². The quantitative estimate of drug-likeness (QED) is 0.504. The number of hydrogen-bond acceptors (Lipinski definition) is 2. The van der Waals surface area contributed by atoms with E-state index >= 15 is 0 Å². The van der Waals surface area contributed by atoms with E-state index in [2.05, 4.69) is 0 Å². The van der Waals surface area contributed by atoms with Gasteiger partial charge in [-0.25, -0.2) is 0 Å². The molecule has 0 aromatic heterocycles. The minimum atomic E-state index is -1.16. The van der Waals surface area contributed by atoms with E-state index in [9.17, 15) is 0 Å². The van der Waals surface area contributed by atoms with Crippen LogP contribution in [0.5, 0.6) is 0 Å². The van der Waals surface area contributed by atoms with Gasteiger partial charge in [0, 0.05) is 14.2 Å². The fraction of sp³-hybridized carbons (Fsp3) is 1.00. The van der Waals surface area contributed by atoms with Gasteiger partial charge in [-0.05, 0) is 6.55 Å². The van der Waals surface area contributed by atoms with Gasteiger partial charge in [0.2, 0.25) is 0 Å². The molecule has 0 aliphatic heterocycles. The van der Waals surface area contributed by atoms with Crippen LogP contribution in [-0.2, 0) is 8.85 Å². The third-order valence-electron chi connectivity index (χ3n) is 0.664. The molecule has 0 amide bonds. The Bertz CT molecular complexity index is 28.9. The van der Waals surface area contributed by atoms with Crippen molar-refractivity contribution in [3.8, 4) is 0 Å². The fourth-order valence-corrected chi connectivity index (χ4v) is 0.289. The maximum Gasteiger partial charge on any atom is 0.317 e. The standard InChI is InChI=1S/C3H10O2Si.CH4/c1-4-6(3)5-2;/h6H,1-3H3;1H4. The largest absolute Gasteiger partial charge is 0.400 e. The van der Waals surface area contributed by atoms with Gasteiger partial charge >= 0.3 is 9.28 Å². The molecule has 0 radical (unpaired) electrons. The molecule has 0 N–H and O–H groups in total. The van der Waals surface area contributed by atoms with Crippen LogP contribution in [-0.4, -0.2) is 23.5 Å². The molecule has 0 rings (SSSR count). The summed E-state index contributed by atoms with van der Waals surface area (Å²) in [5.41, 5.74) is 0. The summed E-state index contributed by atoms with van der Waals surface area (Å²) >= 11 is 0. The first-order valence-electron chi connectivity index (χ1n) is 1.87. The van der Waals surface area contributed by atoms with Gasteiger partial charge in [0.05, 0.1) is 0 Å². The Morgan fingerprint density at radius 3 is 1.43 bits per heavy atom. The van der Waals surface area contributed by atoms with Crippen LogP contribution >= 0.6 is 0 Å². The summed E-state index contributed by atoms with van der Waals surface area (Å²) in [6.45, 7) is 1.97. The van der Waals surface area contributed by atoms with E-state index in [-0.39, 0.29) is 7.43 Å². The molecule has 0 unspecified atom stereocenters. The van der Waals surface area contributed by atoms with E-state index in [1.807, 2.05) is 6.55 Å². The van der Waals surface area contributed by atoms with Gasteiger partial charge in [0.25, 0.3) is 0 Å². The van der Waals surface area contributed by atoms with Crippen LogP contribution < -0.4 is 0 Å². The zero-order valence-electron chi connectivity index (χ0n) is 4.39. The molecule has 0 saturated carbocycles. The van der Waals surface area contributed by atoms with Crippen LogP contribution in [0.3, 0.4) is 0 Å². The second kappa shape index (κ2) is 6.14. The third kappa shape index (κ3) is 6.14. The van der Waals surface area contributed by atoms with Crippen LogP contribution in [0.2, 0.25) is 6.55 Å². The summed E-state index contributed by atoms with van der Waals surface area (Å²) in [4.78, 5) is 0. The highest BCUT2D eigenvalue weighted by molar-refractivity contribution is 6.42. The number of hydrogen-bond donors (Lipinski definition) is 0. The minimum Gasteiger partial charge on any atom is -0.400 e. The molecular formula is C4H14O2Si. The normalized spacial score (nSPS) is 8.57. The van der Waals surface area contributed by atoms with Crippen molar-refractivity contribution in [1.82, 2.24) is 0 Å². The van der Waals surface area contributed by atoms with Crippen LogP contribution in [0.4, 0.5) is 0 Å². The second-order valence-corrected chi connectivity index (χ2v) is 3.12. The van der Waals surface area contributed by atoms with E-state index in [4.69, 9.17) is 8.85 Å². The lowest BCUT2D eigenvalue weighted by molar-refractivity contribution is 0.285. The van der Waals surface area contributed by atoms with Crippen LogP contribution in [0.1, 0.15) is 7.43 Å². The molecule has 0 aliphatic carbocycles. The smallest absolute Gasteiger partial charge is 0.317 e. The van der Waals surface area contributed by atoms with Crippen molar-refractivity contribution in [2.24, 2.45) is 0 Å². The van der Waals surface area contributed by atoms with Crippen molar-refractivity contribution >= 4 is 9.28 Å². The minimum absolute atomic E-state index is 0. The van der Waals surface area contributed by atoms with Crippen molar-refractivity contribution in [2.75, 3.05) is 14.2 Å². The zero-order chi connectivity index (χ0) is 4.99. The van der Waals surface area contributed by atoms with Crippen molar-refractivity contribution in [1.29, 1.82) is 0 Å². The second-order valence-electron chi connectivity index (χ2n) is 1.04. The lowest BCUT2D eigenvalue weighted by Crippen LogP contribution is -2.12. The average Bonchev–Trinajstić information content (AvgIpc) is 1.65. The Labute approximate surface area is 47.3 Å². The molecule has 0 fully saturated rings. The van der Waals surface area contributed by atoms with Crippen molar-refractivity contribution in [3.63, 3.8) is 0 Å². The van der Waals surface area contributed by atoms with E-state index in [0.717, 1.165) is 0 Å². The summed E-state index contributed by atoms with van der Waals surface area (Å²) < 4.78 is 9.63. The summed E-state index contributed by atoms with van der Waals surface area (Å²) in [6.07, 6.45) is 0. The molecule has 46 valence electrons. The SMILES string of the molecule is C.CO[SiH](C)OC. The summed E-state index contributed by atoms with van der Waals surface area (Å²) in [5, 5.41) is 0. The van der Waals surface area contributed by atoms with Crippen molar-refractivity contribution in [3.05, 3.63) is 0 Å². The Hall–Kier alpha value is 0.137. The van der Waals surface area contributed by atoms with Crippen LogP contribution in [0.15, 0.2) is 0 Å². The van der Waals surface area contributed by atoms with Gasteiger partial charge < -0.3 is 8.85 Å². The highest BCUT2D eigenvalue weighted by atomic mass is 28.3. The molecule has 7 heavy (non-hydrogen) atoms. The Morgan fingerprint density at radius 1 is 1.14 bits per heavy atom. The third-order valence-corrected chi connectivity index (χ3v) is 1.99. The highest BCUT2D eigenvalue weighted by Gasteiger charge is 1.94. The molecule has 0 atom stereocenters. The Morgan fingerprint density at radius 2 is 1.43 bits per heavy atom. The first kappa shape index (κ1) is 10.2. The molecule has 3 heteroatoms. The summed E-state index contributed by atoms with van der Waals surface area (Å²) in [5.74, 6) is 0. The van der Waals surface area contributed by atoms with Crippen LogP contribution in [0.25, 0.3) is 0 Å². The monoisotopic (exact) mass is 122 g/mol. The molecule has 0 aliphatic rings. The molecule has 0 heterocycles. The molecule has 0 saturated heterocycles. The summed E-state index contributed by atoms with van der Waals surface area (Å²) in [7, 11) is 2.17. The van der Waals surface area contributed by atoms with E-state index < -0.39 is 9.28 Å². The van der Waals surface area contributed by atoms with Gasteiger partial charge in [0.1, 0.15) is 0 Å². The maximum atomic E-state index is 4.82. The van der Waals surface area contributed by atoms with Crippen molar-refractivity contribution < 1.29 is 8.85 Å².